The molecule has 2 heterocycles. The Balaban J connectivity index is 2.69. The number of benzene rings is 1. The quantitative estimate of drug-likeness (QED) is 0.524. The van der Waals surface area contributed by atoms with Crippen LogP contribution in [0, 0.1) is 0 Å². The Labute approximate surface area is 83.6 Å². The molecule has 2 aromatic heterocycles. The molecule has 3 heteroatoms. The fourth-order valence-corrected chi connectivity index (χ4v) is 3.03. The Kier molecular flexibility index (Phi) is 1.56. The van der Waals surface area contributed by atoms with Crippen LogP contribution >= 0.6 is 10.8 Å². The fraction of sp³-hybridized carbons (Fsp3) is 0. The highest BCUT2D eigenvalue weighted by Gasteiger charge is 2.14. The van der Waals surface area contributed by atoms with Crippen molar-refractivity contribution in [2.75, 3.05) is 0 Å². The third-order valence-electron chi connectivity index (χ3n) is 2.31. The van der Waals surface area contributed by atoms with Crippen LogP contribution in [0.3, 0.4) is 0 Å². The van der Waals surface area contributed by atoms with E-state index in [-0.39, 0.29) is 0 Å². The van der Waals surface area contributed by atoms with Crippen molar-refractivity contribution >= 4 is 31.1 Å². The number of nitrogens with zero attached hydrogens (tertiary/aromatic N) is 1. The summed E-state index contributed by atoms with van der Waals surface area (Å²) in [5.74, 6) is 0. The first kappa shape index (κ1) is 7.91. The SMILES string of the molecule is [O-][s+]1c2ccccc2c2ncccc21. The van der Waals surface area contributed by atoms with Crippen molar-refractivity contribution in [2.45, 2.75) is 0 Å². The molecule has 0 saturated heterocycles. The van der Waals surface area contributed by atoms with Gasteiger partial charge in [0.25, 0.3) is 0 Å². The first-order valence-corrected chi connectivity index (χ1v) is 5.49. The molecule has 1 aromatic carbocycles. The van der Waals surface area contributed by atoms with Crippen molar-refractivity contribution in [3.8, 4) is 0 Å². The Morgan fingerprint density at radius 1 is 1.00 bits per heavy atom. The number of fused-ring (bicyclic) bond motifs is 3. The van der Waals surface area contributed by atoms with Crippen LogP contribution in [0.25, 0.3) is 20.3 Å². The molecule has 1 atom stereocenters. The monoisotopic (exact) mass is 201 g/mol. The van der Waals surface area contributed by atoms with Gasteiger partial charge in [-0.25, -0.2) is 0 Å². The van der Waals surface area contributed by atoms with Crippen LogP contribution in [0.1, 0.15) is 0 Å². The maximum Gasteiger partial charge on any atom is 0.199 e. The standard InChI is InChI=1S/C11H7NOS/c13-14-9-5-2-1-4-8(9)11-10(14)6-3-7-12-11/h1-7H. The lowest BCUT2D eigenvalue weighted by Crippen LogP contribution is -1.70. The second kappa shape index (κ2) is 2.77. The maximum absolute atomic E-state index is 12.0. The molecule has 68 valence electrons. The summed E-state index contributed by atoms with van der Waals surface area (Å²) in [5, 5.41) is 1.00. The zero-order chi connectivity index (χ0) is 9.54. The molecule has 0 amide bonds. The van der Waals surface area contributed by atoms with E-state index in [2.05, 4.69) is 4.98 Å². The summed E-state index contributed by atoms with van der Waals surface area (Å²) in [7, 11) is -1.04. The van der Waals surface area contributed by atoms with Gasteiger partial charge in [-0.05, 0) is 28.9 Å². The molecule has 0 aliphatic carbocycles. The van der Waals surface area contributed by atoms with Gasteiger partial charge < -0.3 is 4.55 Å². The van der Waals surface area contributed by atoms with Gasteiger partial charge in [-0.15, -0.1) is 0 Å². The molecular weight excluding hydrogens is 194 g/mol. The summed E-state index contributed by atoms with van der Waals surface area (Å²) < 4.78 is 13.7. The van der Waals surface area contributed by atoms with Gasteiger partial charge in [0.1, 0.15) is 5.52 Å². The van der Waals surface area contributed by atoms with Gasteiger partial charge in [0, 0.05) is 12.3 Å². The van der Waals surface area contributed by atoms with E-state index >= 15 is 0 Å². The number of thiophene rings is 1. The molecule has 0 aliphatic heterocycles. The molecule has 0 saturated carbocycles. The molecule has 0 bridgehead atoms. The van der Waals surface area contributed by atoms with Gasteiger partial charge in [0.2, 0.25) is 0 Å². The second-order valence-electron chi connectivity index (χ2n) is 3.12. The van der Waals surface area contributed by atoms with Gasteiger partial charge in [0.15, 0.2) is 9.40 Å². The summed E-state index contributed by atoms with van der Waals surface area (Å²) in [6.45, 7) is 0. The van der Waals surface area contributed by atoms with E-state index < -0.39 is 10.8 Å². The van der Waals surface area contributed by atoms with Gasteiger partial charge in [-0.3, -0.25) is 4.98 Å². The van der Waals surface area contributed by atoms with Gasteiger partial charge in [-0.1, -0.05) is 12.1 Å². The average molecular weight is 201 g/mol. The largest absolute Gasteiger partial charge is 0.590 e. The van der Waals surface area contributed by atoms with E-state index in [1.165, 1.54) is 0 Å². The lowest BCUT2D eigenvalue weighted by Gasteiger charge is -1.88. The van der Waals surface area contributed by atoms with Crippen LogP contribution in [0.5, 0.6) is 0 Å². The zero-order valence-corrected chi connectivity index (χ0v) is 8.12. The molecule has 0 radical (unpaired) electrons. The van der Waals surface area contributed by atoms with Crippen molar-refractivity contribution in [3.63, 3.8) is 0 Å². The third kappa shape index (κ3) is 0.908. The molecule has 2 nitrogen and oxygen atoms in total. The Morgan fingerprint density at radius 2 is 1.79 bits per heavy atom. The lowest BCUT2D eigenvalue weighted by molar-refractivity contribution is 0.602. The average Bonchev–Trinajstić information content (AvgIpc) is 2.55. The Bertz CT molecular complexity index is 562. The number of aromatic nitrogens is 1. The number of hydrogen-bond donors (Lipinski definition) is 0. The first-order valence-electron chi connectivity index (χ1n) is 4.34. The lowest BCUT2D eigenvalue weighted by atomic mass is 10.2. The van der Waals surface area contributed by atoms with Gasteiger partial charge in [-0.2, -0.15) is 0 Å². The highest BCUT2D eigenvalue weighted by Crippen LogP contribution is 2.38. The fourth-order valence-electron chi connectivity index (χ4n) is 1.68. The van der Waals surface area contributed by atoms with Gasteiger partial charge >= 0.3 is 0 Å². The summed E-state index contributed by atoms with van der Waals surface area (Å²) >= 11 is 0. The summed E-state index contributed by atoms with van der Waals surface area (Å²) in [6.07, 6.45) is 1.73. The molecular formula is C11H7NOS. The van der Waals surface area contributed by atoms with E-state index in [4.69, 9.17) is 0 Å². The van der Waals surface area contributed by atoms with E-state index in [0.717, 1.165) is 20.3 Å². The molecule has 14 heavy (non-hydrogen) atoms. The molecule has 0 aliphatic rings. The van der Waals surface area contributed by atoms with Gasteiger partial charge in [0.05, 0.1) is 5.39 Å². The second-order valence-corrected chi connectivity index (χ2v) is 4.53. The number of pyridine rings is 1. The summed E-state index contributed by atoms with van der Waals surface area (Å²) in [5.41, 5.74) is 0.862. The van der Waals surface area contributed by atoms with E-state index in [1.54, 1.807) is 6.20 Å². The van der Waals surface area contributed by atoms with Crippen LogP contribution in [-0.4, -0.2) is 9.54 Å². The van der Waals surface area contributed by atoms with Crippen LogP contribution in [-0.2, 0) is 0 Å². The van der Waals surface area contributed by atoms with Crippen molar-refractivity contribution in [1.82, 2.24) is 4.98 Å². The van der Waals surface area contributed by atoms with Crippen molar-refractivity contribution in [1.29, 1.82) is 0 Å². The van der Waals surface area contributed by atoms with Crippen molar-refractivity contribution in [2.24, 2.45) is 0 Å². The van der Waals surface area contributed by atoms with E-state index in [9.17, 15) is 4.55 Å². The normalized spacial score (nSPS) is 12.5. The van der Waals surface area contributed by atoms with Crippen LogP contribution < -0.4 is 0 Å². The number of hydrogen-bond acceptors (Lipinski definition) is 2. The summed E-state index contributed by atoms with van der Waals surface area (Å²) in [6, 6.07) is 11.4. The highest BCUT2D eigenvalue weighted by atomic mass is 32.2. The molecule has 3 aromatic rings. The molecule has 3 rings (SSSR count). The number of rotatable bonds is 0. The minimum Gasteiger partial charge on any atom is -0.590 e. The molecule has 0 N–H and O–H groups in total. The van der Waals surface area contributed by atoms with Crippen molar-refractivity contribution < 1.29 is 4.55 Å². The predicted molar refractivity (Wildman–Crippen MR) is 57.9 cm³/mol. The molecule has 0 spiro atoms. The third-order valence-corrected chi connectivity index (χ3v) is 3.80. The van der Waals surface area contributed by atoms with Crippen LogP contribution in [0.2, 0.25) is 0 Å². The molecule has 1 unspecified atom stereocenters. The summed E-state index contributed by atoms with van der Waals surface area (Å²) in [4.78, 5) is 4.26. The topological polar surface area (TPSA) is 36.0 Å². The first-order chi connectivity index (χ1) is 6.88. The minimum atomic E-state index is -1.04. The van der Waals surface area contributed by atoms with Crippen LogP contribution in [0.15, 0.2) is 42.6 Å². The van der Waals surface area contributed by atoms with E-state index in [0.29, 0.717) is 0 Å². The zero-order valence-electron chi connectivity index (χ0n) is 7.31. The minimum absolute atomic E-state index is 0.828. The maximum atomic E-state index is 12.0. The molecule has 0 fully saturated rings. The Morgan fingerprint density at radius 3 is 2.71 bits per heavy atom. The smallest absolute Gasteiger partial charge is 0.199 e. The van der Waals surface area contributed by atoms with E-state index in [1.807, 2.05) is 36.4 Å². The Hall–Kier alpha value is -1.45. The highest BCUT2D eigenvalue weighted by molar-refractivity contribution is 7.37. The van der Waals surface area contributed by atoms with Crippen molar-refractivity contribution in [3.05, 3.63) is 42.6 Å². The van der Waals surface area contributed by atoms with Crippen LogP contribution in [0.4, 0.5) is 0 Å². The predicted octanol–water partition coefficient (Wildman–Crippen LogP) is 3.12.